The number of halogens is 1. The Morgan fingerprint density at radius 3 is 1.93 bits per heavy atom. The number of hydrogen-bond donors (Lipinski definition) is 0. The fourth-order valence-electron chi connectivity index (χ4n) is 3.11. The van der Waals surface area contributed by atoms with E-state index in [0.717, 1.165) is 44.0 Å². The van der Waals surface area contributed by atoms with Crippen molar-refractivity contribution in [1.29, 1.82) is 0 Å². The van der Waals surface area contributed by atoms with Crippen LogP contribution in [0, 0.1) is 6.92 Å². The lowest BCUT2D eigenvalue weighted by Crippen LogP contribution is -1.84. The largest absolute Gasteiger partial charge is 0.497 e. The van der Waals surface area contributed by atoms with E-state index in [-0.39, 0.29) is 0 Å². The van der Waals surface area contributed by atoms with Crippen LogP contribution in [-0.2, 0) is 0 Å². The molecule has 2 nitrogen and oxygen atoms in total. The number of benzene rings is 3. The van der Waals surface area contributed by atoms with Crippen molar-refractivity contribution >= 4 is 15.9 Å². The first kappa shape index (κ1) is 17.6. The van der Waals surface area contributed by atoms with Gasteiger partial charge in [-0.15, -0.1) is 0 Å². The topological polar surface area (TPSA) is 22.4 Å². The van der Waals surface area contributed by atoms with Gasteiger partial charge in [-0.1, -0.05) is 60.2 Å². The minimum Gasteiger partial charge on any atom is -0.497 e. The Balaban J connectivity index is 1.93. The molecule has 1 heterocycles. The van der Waals surface area contributed by atoms with E-state index in [1.54, 1.807) is 7.11 Å². The van der Waals surface area contributed by atoms with Gasteiger partial charge in [-0.3, -0.25) is 0 Å². The van der Waals surface area contributed by atoms with E-state index in [9.17, 15) is 0 Å². The average molecular weight is 419 g/mol. The van der Waals surface area contributed by atoms with Gasteiger partial charge in [0.15, 0.2) is 0 Å². The molecular formula is C24H19BrO2. The highest BCUT2D eigenvalue weighted by Gasteiger charge is 2.22. The third kappa shape index (κ3) is 3.43. The van der Waals surface area contributed by atoms with Gasteiger partial charge in [0.25, 0.3) is 0 Å². The van der Waals surface area contributed by atoms with Crippen molar-refractivity contribution in [3.63, 3.8) is 0 Å². The smallest absolute Gasteiger partial charge is 0.149 e. The highest BCUT2D eigenvalue weighted by Crippen LogP contribution is 2.46. The minimum atomic E-state index is 0.824. The molecule has 0 aliphatic heterocycles. The predicted octanol–water partition coefficient (Wildman–Crippen LogP) is 7.36. The van der Waals surface area contributed by atoms with E-state index in [0.29, 0.717) is 0 Å². The third-order valence-corrected chi connectivity index (χ3v) is 5.34. The summed E-state index contributed by atoms with van der Waals surface area (Å²) < 4.78 is 12.6. The number of methoxy groups -OCH3 is 1. The lowest BCUT2D eigenvalue weighted by molar-refractivity contribution is 0.415. The van der Waals surface area contributed by atoms with Crippen molar-refractivity contribution in [2.24, 2.45) is 0 Å². The van der Waals surface area contributed by atoms with Crippen LogP contribution in [0.25, 0.3) is 33.8 Å². The van der Waals surface area contributed by atoms with E-state index in [1.807, 2.05) is 42.5 Å². The summed E-state index contributed by atoms with van der Waals surface area (Å²) in [6, 6.07) is 26.6. The molecule has 4 rings (SSSR count). The molecule has 0 unspecified atom stereocenters. The predicted molar refractivity (Wildman–Crippen MR) is 114 cm³/mol. The molecule has 0 aliphatic carbocycles. The second-order valence-corrected chi connectivity index (χ2v) is 7.20. The molecule has 3 aromatic carbocycles. The molecule has 0 atom stereocenters. The Hall–Kier alpha value is -2.78. The summed E-state index contributed by atoms with van der Waals surface area (Å²) in [5.41, 5.74) is 5.44. The van der Waals surface area contributed by atoms with Gasteiger partial charge in [0.2, 0.25) is 0 Å². The standard InChI is InChI=1S/C24H19BrO2/c1-16-8-10-19(11-9-16)24-22(25)21(17-6-4-3-5-7-17)23(27-24)18-12-14-20(26-2)15-13-18/h3-15H,1-2H3. The molecule has 0 bridgehead atoms. The van der Waals surface area contributed by atoms with Crippen LogP contribution in [0.4, 0.5) is 0 Å². The molecule has 27 heavy (non-hydrogen) atoms. The summed E-state index contributed by atoms with van der Waals surface area (Å²) in [6.45, 7) is 2.08. The summed E-state index contributed by atoms with van der Waals surface area (Å²) in [4.78, 5) is 0. The van der Waals surface area contributed by atoms with Gasteiger partial charge in [0.05, 0.1) is 11.6 Å². The van der Waals surface area contributed by atoms with Gasteiger partial charge >= 0.3 is 0 Å². The molecule has 3 heteroatoms. The molecule has 0 radical (unpaired) electrons. The van der Waals surface area contributed by atoms with E-state index in [4.69, 9.17) is 9.15 Å². The Bertz CT molecular complexity index is 1050. The van der Waals surface area contributed by atoms with Crippen LogP contribution >= 0.6 is 15.9 Å². The molecule has 0 saturated heterocycles. The van der Waals surface area contributed by atoms with Crippen molar-refractivity contribution in [2.45, 2.75) is 6.92 Å². The molecule has 4 aromatic rings. The number of furan rings is 1. The number of aryl methyl sites for hydroxylation is 1. The maximum absolute atomic E-state index is 6.40. The highest BCUT2D eigenvalue weighted by atomic mass is 79.9. The van der Waals surface area contributed by atoms with Crippen molar-refractivity contribution in [1.82, 2.24) is 0 Å². The van der Waals surface area contributed by atoms with Crippen LogP contribution < -0.4 is 4.74 Å². The van der Waals surface area contributed by atoms with Crippen molar-refractivity contribution in [3.8, 4) is 39.5 Å². The Morgan fingerprint density at radius 2 is 1.30 bits per heavy atom. The first-order chi connectivity index (χ1) is 13.2. The van der Waals surface area contributed by atoms with Gasteiger partial charge in [-0.2, -0.15) is 0 Å². The second kappa shape index (κ2) is 7.45. The molecule has 0 N–H and O–H groups in total. The Labute approximate surface area is 167 Å². The SMILES string of the molecule is COc1ccc(-c2oc(-c3ccc(C)cc3)c(Br)c2-c2ccccc2)cc1. The van der Waals surface area contributed by atoms with Crippen LogP contribution in [0.5, 0.6) is 5.75 Å². The van der Waals surface area contributed by atoms with Gasteiger partial charge < -0.3 is 9.15 Å². The van der Waals surface area contributed by atoms with E-state index in [2.05, 4.69) is 59.3 Å². The van der Waals surface area contributed by atoms with Gasteiger partial charge in [-0.25, -0.2) is 0 Å². The Morgan fingerprint density at radius 1 is 0.704 bits per heavy atom. The molecular weight excluding hydrogens is 400 g/mol. The number of rotatable bonds is 4. The average Bonchev–Trinajstić information content (AvgIpc) is 3.06. The summed E-state index contributed by atoms with van der Waals surface area (Å²) in [5.74, 6) is 2.50. The zero-order chi connectivity index (χ0) is 18.8. The van der Waals surface area contributed by atoms with E-state index < -0.39 is 0 Å². The van der Waals surface area contributed by atoms with Crippen LogP contribution in [0.15, 0.2) is 87.8 Å². The van der Waals surface area contributed by atoms with E-state index >= 15 is 0 Å². The molecule has 0 aliphatic rings. The molecule has 0 saturated carbocycles. The summed E-state index contributed by atoms with van der Waals surface area (Å²) >= 11 is 3.80. The molecule has 0 amide bonds. The van der Waals surface area contributed by atoms with Gasteiger partial charge in [-0.05, 0) is 52.7 Å². The quantitative estimate of drug-likeness (QED) is 0.345. The van der Waals surface area contributed by atoms with Gasteiger partial charge in [0.1, 0.15) is 17.3 Å². The lowest BCUT2D eigenvalue weighted by atomic mass is 10.0. The second-order valence-electron chi connectivity index (χ2n) is 6.41. The number of ether oxygens (including phenoxy) is 1. The zero-order valence-electron chi connectivity index (χ0n) is 15.2. The first-order valence-electron chi connectivity index (χ1n) is 8.76. The fourth-order valence-corrected chi connectivity index (χ4v) is 3.83. The van der Waals surface area contributed by atoms with Crippen molar-refractivity contribution in [3.05, 3.63) is 88.9 Å². The molecule has 134 valence electrons. The maximum atomic E-state index is 6.40. The van der Waals surface area contributed by atoms with Gasteiger partial charge in [0, 0.05) is 16.7 Å². The summed E-state index contributed by atoms with van der Waals surface area (Å²) in [5, 5.41) is 0. The van der Waals surface area contributed by atoms with Crippen LogP contribution in [0.2, 0.25) is 0 Å². The highest BCUT2D eigenvalue weighted by molar-refractivity contribution is 9.10. The zero-order valence-corrected chi connectivity index (χ0v) is 16.8. The summed E-state index contributed by atoms with van der Waals surface area (Å²) in [6.07, 6.45) is 0. The Kier molecular flexibility index (Phi) is 4.87. The van der Waals surface area contributed by atoms with Crippen LogP contribution in [0.3, 0.4) is 0 Å². The van der Waals surface area contributed by atoms with Crippen molar-refractivity contribution < 1.29 is 9.15 Å². The normalized spacial score (nSPS) is 10.8. The lowest BCUT2D eigenvalue weighted by Gasteiger charge is -2.05. The third-order valence-electron chi connectivity index (χ3n) is 4.58. The number of hydrogen-bond acceptors (Lipinski definition) is 2. The minimum absolute atomic E-state index is 0.824. The van der Waals surface area contributed by atoms with Crippen molar-refractivity contribution in [2.75, 3.05) is 7.11 Å². The summed E-state index contributed by atoms with van der Waals surface area (Å²) in [7, 11) is 1.67. The molecule has 1 aromatic heterocycles. The van der Waals surface area contributed by atoms with Crippen LogP contribution in [0.1, 0.15) is 5.56 Å². The van der Waals surface area contributed by atoms with E-state index in [1.165, 1.54) is 5.56 Å². The monoisotopic (exact) mass is 418 g/mol. The molecule has 0 fully saturated rings. The maximum Gasteiger partial charge on any atom is 0.149 e. The van der Waals surface area contributed by atoms with Crippen LogP contribution in [-0.4, -0.2) is 7.11 Å². The molecule has 0 spiro atoms. The first-order valence-corrected chi connectivity index (χ1v) is 9.56. The fraction of sp³-hybridized carbons (Fsp3) is 0.0833.